The number of allylic oxidation sites excluding steroid dienone is 2. The van der Waals surface area contributed by atoms with Gasteiger partial charge in [-0.25, -0.2) is 0 Å². The first-order valence-corrected chi connectivity index (χ1v) is 7.05. The Morgan fingerprint density at radius 1 is 1.10 bits per heavy atom. The van der Waals surface area contributed by atoms with Crippen molar-refractivity contribution in [2.24, 2.45) is 28.8 Å². The number of nitrogens with zero attached hydrogens (tertiary/aromatic N) is 2. The lowest BCUT2D eigenvalue weighted by Crippen LogP contribution is -2.28. The fraction of sp³-hybridized carbons (Fsp3) is 0.312. The first kappa shape index (κ1) is 12.3. The third kappa shape index (κ3) is 1.67. The molecule has 3 aliphatic rings. The van der Waals surface area contributed by atoms with Crippen LogP contribution in [0.25, 0.3) is 0 Å². The quantitative estimate of drug-likeness (QED) is 0.508. The molecule has 4 rings (SSSR count). The molecule has 1 N–H and O–H groups in total. The zero-order valence-electron chi connectivity index (χ0n) is 11.2. The Hall–Kier alpha value is -2.43. The summed E-state index contributed by atoms with van der Waals surface area (Å²) in [7, 11) is 0. The number of aromatic hydroxyl groups is 1. The number of benzene rings is 1. The van der Waals surface area contributed by atoms with Gasteiger partial charge in [-0.05, 0) is 30.4 Å². The summed E-state index contributed by atoms with van der Waals surface area (Å²) >= 11 is 0. The monoisotopic (exact) mass is 282 g/mol. The first-order valence-electron chi connectivity index (χ1n) is 7.05. The summed E-state index contributed by atoms with van der Waals surface area (Å²) in [6.45, 7) is 0. The maximum Gasteiger partial charge on any atom is 0.254 e. The average Bonchev–Trinajstić information content (AvgIpc) is 3.14. The molecule has 0 radical (unpaired) electrons. The number of phenols is 1. The zero-order valence-corrected chi connectivity index (χ0v) is 11.2. The van der Waals surface area contributed by atoms with Gasteiger partial charge >= 0.3 is 0 Å². The normalized spacial score (nSPS) is 33.4. The van der Waals surface area contributed by atoms with Crippen LogP contribution in [0.2, 0.25) is 0 Å². The molecule has 1 aromatic rings. The summed E-state index contributed by atoms with van der Waals surface area (Å²) in [6.07, 6.45) is 6.37. The van der Waals surface area contributed by atoms with Crippen molar-refractivity contribution >= 4 is 18.0 Å². The van der Waals surface area contributed by atoms with Gasteiger partial charge in [-0.2, -0.15) is 10.1 Å². The van der Waals surface area contributed by atoms with E-state index < -0.39 is 0 Å². The van der Waals surface area contributed by atoms with Gasteiger partial charge < -0.3 is 5.11 Å². The van der Waals surface area contributed by atoms with Gasteiger partial charge in [0.25, 0.3) is 11.8 Å². The first-order chi connectivity index (χ1) is 10.2. The predicted octanol–water partition coefficient (Wildman–Crippen LogP) is 1.53. The van der Waals surface area contributed by atoms with Crippen molar-refractivity contribution in [1.29, 1.82) is 0 Å². The summed E-state index contributed by atoms with van der Waals surface area (Å²) in [4.78, 5) is 24.8. The van der Waals surface area contributed by atoms with Crippen LogP contribution in [0.4, 0.5) is 0 Å². The number of rotatable bonds is 2. The molecule has 1 aliphatic heterocycles. The molecule has 4 atom stereocenters. The number of carbonyl (C=O) groups is 2. The number of phenolic OH excluding ortho intramolecular Hbond substituents is 1. The van der Waals surface area contributed by atoms with Crippen molar-refractivity contribution < 1.29 is 14.7 Å². The topological polar surface area (TPSA) is 70.0 Å². The summed E-state index contributed by atoms with van der Waals surface area (Å²) < 4.78 is 0. The van der Waals surface area contributed by atoms with Crippen LogP contribution in [0, 0.1) is 23.7 Å². The van der Waals surface area contributed by atoms with Crippen LogP contribution in [0.1, 0.15) is 12.0 Å². The van der Waals surface area contributed by atoms with Crippen LogP contribution in [-0.4, -0.2) is 28.1 Å². The number of hydrogen-bond donors (Lipinski definition) is 1. The largest absolute Gasteiger partial charge is 0.507 e. The van der Waals surface area contributed by atoms with Crippen LogP contribution in [0.5, 0.6) is 5.75 Å². The second-order valence-electron chi connectivity index (χ2n) is 5.79. The minimum absolute atomic E-state index is 0.0716. The van der Waals surface area contributed by atoms with Crippen molar-refractivity contribution in [3.05, 3.63) is 42.0 Å². The van der Waals surface area contributed by atoms with Gasteiger partial charge in [0.15, 0.2) is 0 Å². The highest BCUT2D eigenvalue weighted by atomic mass is 16.3. The molecule has 4 unspecified atom stereocenters. The lowest BCUT2D eigenvalue weighted by molar-refractivity contribution is -0.140. The molecule has 0 spiro atoms. The molecule has 106 valence electrons. The minimum Gasteiger partial charge on any atom is -0.507 e. The Morgan fingerprint density at radius 2 is 1.71 bits per heavy atom. The number of para-hydroxylation sites is 1. The Kier molecular flexibility index (Phi) is 2.51. The van der Waals surface area contributed by atoms with E-state index in [1.54, 1.807) is 18.2 Å². The molecular formula is C16H14N2O3. The smallest absolute Gasteiger partial charge is 0.254 e. The van der Waals surface area contributed by atoms with Crippen LogP contribution < -0.4 is 0 Å². The van der Waals surface area contributed by atoms with Crippen LogP contribution in [-0.2, 0) is 9.59 Å². The summed E-state index contributed by atoms with van der Waals surface area (Å²) in [5.41, 5.74) is 0.483. The molecule has 1 saturated heterocycles. The van der Waals surface area contributed by atoms with Crippen LogP contribution in [0.3, 0.4) is 0 Å². The second kappa shape index (κ2) is 4.28. The third-order valence-electron chi connectivity index (χ3n) is 4.70. The highest BCUT2D eigenvalue weighted by Gasteiger charge is 2.59. The summed E-state index contributed by atoms with van der Waals surface area (Å²) in [5, 5.41) is 14.7. The molecule has 21 heavy (non-hydrogen) atoms. The van der Waals surface area contributed by atoms with E-state index in [9.17, 15) is 14.7 Å². The number of carbonyl (C=O) groups excluding carboxylic acids is 2. The molecule has 5 nitrogen and oxygen atoms in total. The lowest BCUT2D eigenvalue weighted by Gasteiger charge is -2.13. The predicted molar refractivity (Wildman–Crippen MR) is 75.3 cm³/mol. The Bertz CT molecular complexity index is 665. The lowest BCUT2D eigenvalue weighted by atomic mass is 9.85. The van der Waals surface area contributed by atoms with Gasteiger partial charge in [0, 0.05) is 5.56 Å². The van der Waals surface area contributed by atoms with Gasteiger partial charge in [0.2, 0.25) is 0 Å². The molecule has 2 fully saturated rings. The third-order valence-corrected chi connectivity index (χ3v) is 4.70. The Balaban J connectivity index is 1.62. The van der Waals surface area contributed by atoms with Crippen molar-refractivity contribution in [3.8, 4) is 5.75 Å². The van der Waals surface area contributed by atoms with E-state index in [0.717, 1.165) is 11.4 Å². The minimum atomic E-state index is -0.242. The van der Waals surface area contributed by atoms with Gasteiger partial charge in [0.05, 0.1) is 18.1 Å². The summed E-state index contributed by atoms with van der Waals surface area (Å²) in [6, 6.07) is 6.67. The highest BCUT2D eigenvalue weighted by molar-refractivity contribution is 6.06. The molecule has 0 aromatic heterocycles. The number of imide groups is 1. The van der Waals surface area contributed by atoms with E-state index in [1.165, 1.54) is 12.3 Å². The fourth-order valence-electron chi connectivity index (χ4n) is 3.72. The van der Waals surface area contributed by atoms with E-state index in [2.05, 4.69) is 5.10 Å². The SMILES string of the molecule is O=C1C2C3C=CC(C3)C2C(=O)N1N=Cc1ccccc1O. The summed E-state index contributed by atoms with van der Waals surface area (Å²) in [5.74, 6) is -0.476. The Labute approximate surface area is 121 Å². The van der Waals surface area contributed by atoms with E-state index in [-0.39, 0.29) is 41.2 Å². The standard InChI is InChI=1S/C16H14N2O3/c19-12-4-2-1-3-11(12)8-17-18-15(20)13-9-5-6-10(7-9)14(13)16(18)21/h1-6,8-10,13-14,19H,7H2. The van der Waals surface area contributed by atoms with Crippen molar-refractivity contribution in [3.63, 3.8) is 0 Å². The molecule has 5 heteroatoms. The van der Waals surface area contributed by atoms with E-state index in [0.29, 0.717) is 5.56 Å². The van der Waals surface area contributed by atoms with Crippen molar-refractivity contribution in [2.45, 2.75) is 6.42 Å². The van der Waals surface area contributed by atoms with E-state index >= 15 is 0 Å². The van der Waals surface area contributed by atoms with Gasteiger partial charge in [-0.15, -0.1) is 0 Å². The fourth-order valence-corrected chi connectivity index (χ4v) is 3.72. The second-order valence-corrected chi connectivity index (χ2v) is 5.79. The van der Waals surface area contributed by atoms with E-state index in [1.807, 2.05) is 12.2 Å². The molecule has 1 saturated carbocycles. The van der Waals surface area contributed by atoms with Crippen molar-refractivity contribution in [2.75, 3.05) is 0 Å². The molecule has 2 bridgehead atoms. The Morgan fingerprint density at radius 3 is 2.33 bits per heavy atom. The maximum absolute atomic E-state index is 12.4. The molecule has 2 amide bonds. The zero-order chi connectivity index (χ0) is 14.6. The average molecular weight is 282 g/mol. The molecule has 2 aliphatic carbocycles. The van der Waals surface area contributed by atoms with Crippen LogP contribution >= 0.6 is 0 Å². The molecular weight excluding hydrogens is 268 g/mol. The number of amides is 2. The maximum atomic E-state index is 12.4. The van der Waals surface area contributed by atoms with Gasteiger partial charge in [-0.1, -0.05) is 24.3 Å². The number of fused-ring (bicyclic) bond motifs is 5. The van der Waals surface area contributed by atoms with E-state index in [4.69, 9.17) is 0 Å². The number of hydrogen-bond acceptors (Lipinski definition) is 4. The highest BCUT2D eigenvalue weighted by Crippen LogP contribution is 2.52. The molecule has 1 heterocycles. The number of hydrazone groups is 1. The van der Waals surface area contributed by atoms with Crippen molar-refractivity contribution in [1.82, 2.24) is 5.01 Å². The molecule has 1 aromatic carbocycles. The van der Waals surface area contributed by atoms with Crippen LogP contribution in [0.15, 0.2) is 41.5 Å². The van der Waals surface area contributed by atoms with Gasteiger partial charge in [-0.3, -0.25) is 9.59 Å². The van der Waals surface area contributed by atoms with Gasteiger partial charge in [0.1, 0.15) is 5.75 Å².